The van der Waals surface area contributed by atoms with E-state index in [1.54, 1.807) is 31.2 Å². The van der Waals surface area contributed by atoms with Crippen molar-refractivity contribution in [2.24, 2.45) is 0 Å². The van der Waals surface area contributed by atoms with Crippen molar-refractivity contribution < 1.29 is 23.1 Å². The van der Waals surface area contributed by atoms with E-state index in [1.807, 2.05) is 0 Å². The minimum atomic E-state index is -0.925. The average Bonchev–Trinajstić information content (AvgIpc) is 2.83. The van der Waals surface area contributed by atoms with Gasteiger partial charge in [0.05, 0.1) is 29.0 Å². The lowest BCUT2D eigenvalue weighted by Crippen LogP contribution is -2.49. The van der Waals surface area contributed by atoms with Crippen LogP contribution in [0.1, 0.15) is 26.2 Å². The molecule has 0 N–H and O–H groups in total. The zero-order valence-electron chi connectivity index (χ0n) is 18.5. The predicted octanol–water partition coefficient (Wildman–Crippen LogP) is 3.70. The van der Waals surface area contributed by atoms with E-state index in [-0.39, 0.29) is 34.5 Å². The minimum absolute atomic E-state index is 0.0900. The molecular weight excluding hydrogens is 464 g/mol. The van der Waals surface area contributed by atoms with Crippen molar-refractivity contribution in [1.29, 1.82) is 0 Å². The highest BCUT2D eigenvalue weighted by molar-refractivity contribution is 7.99. The van der Waals surface area contributed by atoms with Gasteiger partial charge in [0.15, 0.2) is 5.16 Å². The SMILES string of the molecule is CCOC(=O)C1CCCCN1C(=O)CSc1nc2ccccc2c(=O)n1-c1ccc(F)cc1F. The summed E-state index contributed by atoms with van der Waals surface area (Å²) in [5.74, 6) is -2.57. The Hall–Kier alpha value is -3.27. The molecule has 1 saturated heterocycles. The second kappa shape index (κ2) is 10.3. The van der Waals surface area contributed by atoms with Gasteiger partial charge in [0.2, 0.25) is 5.91 Å². The monoisotopic (exact) mass is 487 g/mol. The summed E-state index contributed by atoms with van der Waals surface area (Å²) in [6, 6.07) is 8.85. The standard InChI is InChI=1S/C24H23F2N3O4S/c1-2-33-23(32)20-9-5-6-12-28(20)21(30)14-34-24-27-18-8-4-3-7-16(18)22(31)29(24)19-11-10-15(25)13-17(19)26/h3-4,7-8,10-11,13,20H,2,5-6,9,12,14H2,1H3. The first-order valence-electron chi connectivity index (χ1n) is 11.0. The molecule has 0 aliphatic carbocycles. The highest BCUT2D eigenvalue weighted by Crippen LogP contribution is 2.25. The number of benzene rings is 2. The van der Waals surface area contributed by atoms with Crippen LogP contribution in [0.4, 0.5) is 8.78 Å². The molecule has 2 heterocycles. The highest BCUT2D eigenvalue weighted by Gasteiger charge is 2.33. The number of hydrogen-bond donors (Lipinski definition) is 0. The number of fused-ring (bicyclic) bond motifs is 1. The largest absolute Gasteiger partial charge is 0.464 e. The third-order valence-corrected chi connectivity index (χ3v) is 6.53. The zero-order chi connectivity index (χ0) is 24.2. The van der Waals surface area contributed by atoms with Gasteiger partial charge in [-0.3, -0.25) is 14.2 Å². The van der Waals surface area contributed by atoms with Gasteiger partial charge in [-0.05, 0) is 50.5 Å². The van der Waals surface area contributed by atoms with E-state index in [2.05, 4.69) is 4.98 Å². The molecule has 10 heteroatoms. The summed E-state index contributed by atoms with van der Waals surface area (Å²) in [7, 11) is 0. The van der Waals surface area contributed by atoms with Crippen molar-refractivity contribution in [2.45, 2.75) is 37.4 Å². The van der Waals surface area contributed by atoms with Crippen LogP contribution in [0.15, 0.2) is 52.4 Å². The summed E-state index contributed by atoms with van der Waals surface area (Å²) in [5, 5.41) is 0.354. The normalized spacial score (nSPS) is 16.0. The maximum Gasteiger partial charge on any atom is 0.328 e. The van der Waals surface area contributed by atoms with Crippen molar-refractivity contribution in [1.82, 2.24) is 14.5 Å². The van der Waals surface area contributed by atoms with Gasteiger partial charge in [-0.2, -0.15) is 0 Å². The first-order chi connectivity index (χ1) is 16.4. The number of thioether (sulfide) groups is 1. The second-order valence-corrected chi connectivity index (χ2v) is 8.73. The second-order valence-electron chi connectivity index (χ2n) is 7.79. The Morgan fingerprint density at radius 1 is 1.18 bits per heavy atom. The van der Waals surface area contributed by atoms with Crippen LogP contribution in [0.3, 0.4) is 0 Å². The lowest BCUT2D eigenvalue weighted by molar-refractivity contribution is -0.155. The van der Waals surface area contributed by atoms with Crippen LogP contribution in [0.5, 0.6) is 0 Å². The first-order valence-corrected chi connectivity index (χ1v) is 12.0. The Bertz CT molecular complexity index is 1300. The molecule has 1 fully saturated rings. The number of ether oxygens (including phenoxy) is 1. The fourth-order valence-electron chi connectivity index (χ4n) is 4.01. The number of carbonyl (C=O) groups is 2. The molecule has 178 valence electrons. The van der Waals surface area contributed by atoms with Crippen LogP contribution in [-0.2, 0) is 14.3 Å². The molecule has 7 nitrogen and oxygen atoms in total. The Balaban J connectivity index is 1.68. The summed E-state index contributed by atoms with van der Waals surface area (Å²) in [5.41, 5.74) is -0.306. The molecule has 1 atom stereocenters. The number of para-hydroxylation sites is 1. The van der Waals surface area contributed by atoms with Crippen LogP contribution < -0.4 is 5.56 Å². The summed E-state index contributed by atoms with van der Waals surface area (Å²) in [6.45, 7) is 2.36. The van der Waals surface area contributed by atoms with Crippen LogP contribution in [0, 0.1) is 11.6 Å². The number of aromatic nitrogens is 2. The van der Waals surface area contributed by atoms with Crippen molar-refractivity contribution >= 4 is 34.5 Å². The highest BCUT2D eigenvalue weighted by atomic mass is 32.2. The Morgan fingerprint density at radius 3 is 2.74 bits per heavy atom. The molecule has 2 aromatic carbocycles. The molecule has 1 unspecified atom stereocenters. The topological polar surface area (TPSA) is 81.5 Å². The predicted molar refractivity (Wildman–Crippen MR) is 124 cm³/mol. The number of likely N-dealkylation sites (tertiary alicyclic amines) is 1. The Morgan fingerprint density at radius 2 is 1.97 bits per heavy atom. The average molecular weight is 488 g/mol. The summed E-state index contributed by atoms with van der Waals surface area (Å²) in [4.78, 5) is 44.6. The number of nitrogens with zero attached hydrogens (tertiary/aromatic N) is 3. The molecule has 1 aliphatic rings. The van der Waals surface area contributed by atoms with Gasteiger partial charge in [0.25, 0.3) is 5.56 Å². The summed E-state index contributed by atoms with van der Waals surface area (Å²) in [6.07, 6.45) is 2.11. The van der Waals surface area contributed by atoms with Gasteiger partial charge in [-0.1, -0.05) is 23.9 Å². The van der Waals surface area contributed by atoms with Crippen molar-refractivity contribution in [3.8, 4) is 5.69 Å². The summed E-state index contributed by atoms with van der Waals surface area (Å²) < 4.78 is 34.3. The number of amides is 1. The van der Waals surface area contributed by atoms with Gasteiger partial charge in [-0.25, -0.2) is 18.6 Å². The lowest BCUT2D eigenvalue weighted by Gasteiger charge is -2.34. The fourth-order valence-corrected chi connectivity index (χ4v) is 4.90. The molecular formula is C24H23F2N3O4S. The van der Waals surface area contributed by atoms with Crippen molar-refractivity contribution in [2.75, 3.05) is 18.9 Å². The molecule has 0 radical (unpaired) electrons. The number of carbonyl (C=O) groups excluding carboxylic acids is 2. The molecule has 0 saturated carbocycles. The molecule has 1 aliphatic heterocycles. The number of piperidine rings is 1. The van der Waals surface area contributed by atoms with Crippen LogP contribution in [-0.4, -0.2) is 51.3 Å². The van der Waals surface area contributed by atoms with E-state index < -0.39 is 29.2 Å². The van der Waals surface area contributed by atoms with E-state index in [9.17, 15) is 23.2 Å². The van der Waals surface area contributed by atoms with Crippen molar-refractivity contribution in [3.05, 3.63) is 64.5 Å². The zero-order valence-corrected chi connectivity index (χ0v) is 19.3. The molecule has 1 aromatic heterocycles. The smallest absolute Gasteiger partial charge is 0.328 e. The number of hydrogen-bond acceptors (Lipinski definition) is 6. The van der Waals surface area contributed by atoms with E-state index in [0.29, 0.717) is 24.5 Å². The maximum absolute atomic E-state index is 14.6. The van der Waals surface area contributed by atoms with Gasteiger partial charge in [-0.15, -0.1) is 0 Å². The number of halogens is 2. The Labute approximate surface area is 198 Å². The molecule has 0 spiro atoms. The van der Waals surface area contributed by atoms with Gasteiger partial charge >= 0.3 is 5.97 Å². The van der Waals surface area contributed by atoms with Gasteiger partial charge in [0.1, 0.15) is 17.7 Å². The lowest BCUT2D eigenvalue weighted by atomic mass is 10.0. The first kappa shape index (κ1) is 23.9. The van der Waals surface area contributed by atoms with Crippen LogP contribution >= 0.6 is 11.8 Å². The molecule has 3 aromatic rings. The van der Waals surface area contributed by atoms with Gasteiger partial charge in [0, 0.05) is 12.6 Å². The third-order valence-electron chi connectivity index (χ3n) is 5.60. The quantitative estimate of drug-likeness (QED) is 0.300. The van der Waals surface area contributed by atoms with Crippen molar-refractivity contribution in [3.63, 3.8) is 0 Å². The number of rotatable bonds is 6. The van der Waals surface area contributed by atoms with Crippen LogP contribution in [0.25, 0.3) is 16.6 Å². The summed E-state index contributed by atoms with van der Waals surface area (Å²) >= 11 is 0.961. The molecule has 1 amide bonds. The molecule has 4 rings (SSSR count). The maximum atomic E-state index is 14.6. The van der Waals surface area contributed by atoms with E-state index >= 15 is 0 Å². The van der Waals surface area contributed by atoms with Gasteiger partial charge < -0.3 is 9.64 Å². The fraction of sp³-hybridized carbons (Fsp3) is 0.333. The van der Waals surface area contributed by atoms with E-state index in [0.717, 1.165) is 41.3 Å². The minimum Gasteiger partial charge on any atom is -0.464 e. The van der Waals surface area contributed by atoms with E-state index in [4.69, 9.17) is 4.74 Å². The molecule has 34 heavy (non-hydrogen) atoms. The third kappa shape index (κ3) is 4.82. The van der Waals surface area contributed by atoms with Crippen LogP contribution in [0.2, 0.25) is 0 Å². The Kier molecular flexibility index (Phi) is 7.26. The number of esters is 1. The molecule has 0 bridgehead atoms. The van der Waals surface area contributed by atoms with E-state index in [1.165, 1.54) is 4.90 Å².